The molecule has 3 fully saturated rings. The van der Waals surface area contributed by atoms with Crippen LogP contribution in [-0.4, -0.2) is 67.0 Å². The normalized spacial score (nSPS) is 26.4. The number of methoxy groups -OCH3 is 1. The van der Waals surface area contributed by atoms with Gasteiger partial charge in [0, 0.05) is 43.2 Å². The van der Waals surface area contributed by atoms with Gasteiger partial charge in [-0.3, -0.25) is 19.3 Å². The molecular formula is C21H28N4O4. The van der Waals surface area contributed by atoms with E-state index in [1.165, 1.54) is 0 Å². The smallest absolute Gasteiger partial charge is 0.251 e. The van der Waals surface area contributed by atoms with E-state index in [1.807, 2.05) is 0 Å². The molecule has 156 valence electrons. The molecule has 1 saturated carbocycles. The van der Waals surface area contributed by atoms with Crippen LogP contribution in [0.3, 0.4) is 0 Å². The highest BCUT2D eigenvalue weighted by Crippen LogP contribution is 2.26. The third-order valence-corrected chi connectivity index (χ3v) is 5.96. The van der Waals surface area contributed by atoms with Crippen molar-refractivity contribution in [2.45, 2.75) is 56.3 Å². The Labute approximate surface area is 170 Å². The number of ether oxygens (including phenoxy) is 1. The first-order valence-corrected chi connectivity index (χ1v) is 10.3. The van der Waals surface area contributed by atoms with E-state index >= 15 is 0 Å². The molecule has 3 aliphatic rings. The molecule has 2 heterocycles. The Morgan fingerprint density at radius 1 is 1.17 bits per heavy atom. The van der Waals surface area contributed by atoms with Gasteiger partial charge in [0.1, 0.15) is 5.75 Å². The molecule has 0 bridgehead atoms. The summed E-state index contributed by atoms with van der Waals surface area (Å²) < 4.78 is 5.12. The van der Waals surface area contributed by atoms with Crippen LogP contribution in [0.1, 0.15) is 42.5 Å². The van der Waals surface area contributed by atoms with Crippen LogP contribution in [0.15, 0.2) is 24.3 Å². The minimum atomic E-state index is -0.249. The summed E-state index contributed by atoms with van der Waals surface area (Å²) in [5, 5.41) is 9.02. The fourth-order valence-corrected chi connectivity index (χ4v) is 4.18. The Morgan fingerprint density at radius 3 is 2.62 bits per heavy atom. The zero-order valence-electron chi connectivity index (χ0n) is 16.6. The molecule has 1 aromatic carbocycles. The van der Waals surface area contributed by atoms with E-state index in [0.29, 0.717) is 49.7 Å². The average Bonchev–Trinajstić information content (AvgIpc) is 3.43. The van der Waals surface area contributed by atoms with Crippen LogP contribution in [0.25, 0.3) is 0 Å². The van der Waals surface area contributed by atoms with E-state index in [-0.39, 0.29) is 35.8 Å². The van der Waals surface area contributed by atoms with Crippen LogP contribution in [-0.2, 0) is 9.59 Å². The van der Waals surface area contributed by atoms with Crippen molar-refractivity contribution in [2.24, 2.45) is 0 Å². The molecule has 29 heavy (non-hydrogen) atoms. The minimum absolute atomic E-state index is 0.00452. The number of rotatable bonds is 7. The van der Waals surface area contributed by atoms with Crippen molar-refractivity contribution >= 4 is 17.7 Å². The number of nitrogens with one attached hydrogen (secondary N) is 3. The van der Waals surface area contributed by atoms with E-state index in [2.05, 4.69) is 20.9 Å². The van der Waals surface area contributed by atoms with E-state index in [0.717, 1.165) is 12.8 Å². The largest absolute Gasteiger partial charge is 0.497 e. The van der Waals surface area contributed by atoms with Gasteiger partial charge in [-0.25, -0.2) is 0 Å². The lowest BCUT2D eigenvalue weighted by Crippen LogP contribution is -2.58. The molecule has 0 radical (unpaired) electrons. The van der Waals surface area contributed by atoms with Crippen LogP contribution < -0.4 is 20.7 Å². The van der Waals surface area contributed by atoms with Crippen LogP contribution in [0.2, 0.25) is 0 Å². The number of hydrogen-bond donors (Lipinski definition) is 3. The summed E-state index contributed by atoms with van der Waals surface area (Å²) in [6, 6.07) is 7.10. The summed E-state index contributed by atoms with van der Waals surface area (Å²) in [5.74, 6) is 0.637. The lowest BCUT2D eigenvalue weighted by atomic mass is 10.0. The van der Waals surface area contributed by atoms with Crippen molar-refractivity contribution < 1.29 is 19.1 Å². The summed E-state index contributed by atoms with van der Waals surface area (Å²) >= 11 is 0. The number of carbonyl (C=O) groups is 3. The monoisotopic (exact) mass is 400 g/mol. The third-order valence-electron chi connectivity index (χ3n) is 5.96. The second-order valence-corrected chi connectivity index (χ2v) is 8.13. The van der Waals surface area contributed by atoms with Gasteiger partial charge in [0.15, 0.2) is 0 Å². The molecule has 3 atom stereocenters. The number of piperazine rings is 1. The molecule has 3 amide bonds. The molecule has 1 aliphatic carbocycles. The van der Waals surface area contributed by atoms with Crippen molar-refractivity contribution in [1.29, 1.82) is 0 Å². The zero-order chi connectivity index (χ0) is 20.4. The molecule has 8 heteroatoms. The van der Waals surface area contributed by atoms with Gasteiger partial charge in [0.25, 0.3) is 5.91 Å². The minimum Gasteiger partial charge on any atom is -0.497 e. The van der Waals surface area contributed by atoms with Gasteiger partial charge in [0.05, 0.1) is 13.2 Å². The van der Waals surface area contributed by atoms with Gasteiger partial charge >= 0.3 is 0 Å². The second-order valence-electron chi connectivity index (χ2n) is 8.13. The summed E-state index contributed by atoms with van der Waals surface area (Å²) in [4.78, 5) is 39.1. The topological polar surface area (TPSA) is 99.8 Å². The van der Waals surface area contributed by atoms with Gasteiger partial charge in [-0.15, -0.1) is 0 Å². The van der Waals surface area contributed by atoms with Crippen LogP contribution in [0.5, 0.6) is 5.75 Å². The van der Waals surface area contributed by atoms with E-state index in [4.69, 9.17) is 4.74 Å². The molecule has 4 rings (SSSR count). The number of nitrogens with zero attached hydrogens (tertiary/aromatic N) is 1. The highest BCUT2D eigenvalue weighted by molar-refractivity contribution is 5.94. The summed E-state index contributed by atoms with van der Waals surface area (Å²) in [6.45, 7) is 1.17. The SMILES string of the molecule is COc1ccc(C(=O)N[C@@H]2C[C@H]3C(=O)NC[C@@H](CCC(=O)NC4CC4)N3C2)cc1. The molecular weight excluding hydrogens is 372 g/mol. The Hall–Kier alpha value is -2.61. The number of amides is 3. The first kappa shape index (κ1) is 19.7. The maximum atomic E-state index is 12.6. The maximum Gasteiger partial charge on any atom is 0.251 e. The molecule has 2 saturated heterocycles. The summed E-state index contributed by atoms with van der Waals surface area (Å²) in [7, 11) is 1.58. The van der Waals surface area contributed by atoms with E-state index < -0.39 is 0 Å². The van der Waals surface area contributed by atoms with Gasteiger partial charge in [0.2, 0.25) is 11.8 Å². The first-order chi connectivity index (χ1) is 14.0. The zero-order valence-corrected chi connectivity index (χ0v) is 16.6. The number of carbonyl (C=O) groups excluding carboxylic acids is 3. The number of hydrogen-bond acceptors (Lipinski definition) is 5. The molecule has 0 unspecified atom stereocenters. The fraction of sp³-hybridized carbons (Fsp3) is 0.571. The lowest BCUT2D eigenvalue weighted by molar-refractivity contribution is -0.129. The quantitative estimate of drug-likeness (QED) is 0.616. The van der Waals surface area contributed by atoms with Gasteiger partial charge in [-0.1, -0.05) is 0 Å². The molecule has 2 aliphatic heterocycles. The summed E-state index contributed by atoms with van der Waals surface area (Å²) in [6.07, 6.45) is 3.90. The predicted octanol–water partition coefficient (Wildman–Crippen LogP) is 0.425. The van der Waals surface area contributed by atoms with E-state index in [1.54, 1.807) is 31.4 Å². The van der Waals surface area contributed by atoms with Crippen molar-refractivity contribution in [3.8, 4) is 5.75 Å². The second kappa shape index (κ2) is 8.41. The fourth-order valence-electron chi connectivity index (χ4n) is 4.18. The van der Waals surface area contributed by atoms with Crippen molar-refractivity contribution in [3.05, 3.63) is 29.8 Å². The maximum absolute atomic E-state index is 12.6. The van der Waals surface area contributed by atoms with Crippen molar-refractivity contribution in [2.75, 3.05) is 20.2 Å². The van der Waals surface area contributed by atoms with Crippen molar-refractivity contribution in [1.82, 2.24) is 20.9 Å². The van der Waals surface area contributed by atoms with Gasteiger partial charge < -0.3 is 20.7 Å². The van der Waals surface area contributed by atoms with Crippen LogP contribution in [0.4, 0.5) is 0 Å². The molecule has 0 spiro atoms. The average molecular weight is 400 g/mol. The van der Waals surface area contributed by atoms with Crippen LogP contribution >= 0.6 is 0 Å². The Kier molecular flexibility index (Phi) is 5.71. The Bertz CT molecular complexity index is 777. The first-order valence-electron chi connectivity index (χ1n) is 10.3. The summed E-state index contributed by atoms with van der Waals surface area (Å²) in [5.41, 5.74) is 0.563. The van der Waals surface area contributed by atoms with Gasteiger partial charge in [-0.05, 0) is 49.9 Å². The highest BCUT2D eigenvalue weighted by atomic mass is 16.5. The number of benzene rings is 1. The lowest BCUT2D eigenvalue weighted by Gasteiger charge is -2.37. The highest BCUT2D eigenvalue weighted by Gasteiger charge is 2.43. The Morgan fingerprint density at radius 2 is 1.93 bits per heavy atom. The Balaban J connectivity index is 1.33. The predicted molar refractivity (Wildman–Crippen MR) is 107 cm³/mol. The van der Waals surface area contributed by atoms with E-state index in [9.17, 15) is 14.4 Å². The molecule has 8 nitrogen and oxygen atoms in total. The van der Waals surface area contributed by atoms with Gasteiger partial charge in [-0.2, -0.15) is 0 Å². The van der Waals surface area contributed by atoms with Crippen molar-refractivity contribution in [3.63, 3.8) is 0 Å². The number of fused-ring (bicyclic) bond motifs is 1. The third kappa shape index (κ3) is 4.70. The molecule has 0 aromatic heterocycles. The standard InChI is InChI=1S/C21H28N4O4/c1-29-17-7-2-13(3-8-17)20(27)24-15-10-18-21(28)22-11-16(25(18)12-15)6-9-19(26)23-14-4-5-14/h2-3,7-8,14-16,18H,4-6,9-12H2,1H3,(H,22,28)(H,23,26)(H,24,27)/t15-,16-,18+/m1/s1. The molecule has 3 N–H and O–H groups in total. The molecule has 1 aromatic rings. The van der Waals surface area contributed by atoms with Crippen LogP contribution in [0, 0.1) is 0 Å².